The third-order valence-corrected chi connectivity index (χ3v) is 0.748. The smallest absolute Gasteiger partial charge is 0.0249 e. The van der Waals surface area contributed by atoms with Gasteiger partial charge in [0.25, 0.3) is 0 Å². The fourth-order valence-corrected chi connectivity index (χ4v) is 0.381. The number of hydrogen-bond acceptors (Lipinski definition) is 3. The van der Waals surface area contributed by atoms with Gasteiger partial charge in [0.2, 0.25) is 0 Å². The average molecular weight is 137 g/mol. The Morgan fingerprint density at radius 2 is 2.38 bits per heavy atom. The van der Waals surface area contributed by atoms with Gasteiger partial charge >= 0.3 is 0 Å². The predicted octanol–water partition coefficient (Wildman–Crippen LogP) is -0.282. The molecule has 1 unspecified atom stereocenters. The molecule has 0 amide bonds. The molecule has 0 aliphatic carbocycles. The van der Waals surface area contributed by atoms with Crippen LogP contribution >= 0.6 is 0 Å². The Balaban J connectivity index is 0. The number of hydrogen-bond donors (Lipinski definition) is 2. The molecule has 0 aromatic rings. The molecule has 0 aliphatic heterocycles. The van der Waals surface area contributed by atoms with Crippen molar-refractivity contribution in [2.24, 2.45) is 0 Å². The lowest BCUT2D eigenvalue weighted by atomic mass is 10.7. The van der Waals surface area contributed by atoms with E-state index in [0.717, 1.165) is 0 Å². The SMILES string of the molecule is C=CCNS(=O)[O-].N. The second kappa shape index (κ2) is 6.77. The summed E-state index contributed by atoms with van der Waals surface area (Å²) < 4.78 is 21.3. The Morgan fingerprint density at radius 1 is 1.88 bits per heavy atom. The van der Waals surface area contributed by atoms with Crippen molar-refractivity contribution in [3.8, 4) is 0 Å². The Bertz CT molecular complexity index is 85.4. The number of nitrogens with one attached hydrogen (secondary N) is 1. The number of rotatable bonds is 3. The second-order valence-electron chi connectivity index (χ2n) is 0.872. The molecule has 0 saturated carbocycles. The summed E-state index contributed by atoms with van der Waals surface area (Å²) in [5, 5.41) is 0. The zero-order valence-electron chi connectivity index (χ0n) is 4.42. The molecule has 8 heavy (non-hydrogen) atoms. The summed E-state index contributed by atoms with van der Waals surface area (Å²) in [4.78, 5) is 0. The second-order valence-corrected chi connectivity index (χ2v) is 1.63. The van der Waals surface area contributed by atoms with E-state index >= 15 is 0 Å². The lowest BCUT2D eigenvalue weighted by Gasteiger charge is -2.01. The predicted molar refractivity (Wildman–Crippen MR) is 32.1 cm³/mol. The molecule has 1 atom stereocenters. The maximum Gasteiger partial charge on any atom is 0.0249 e. The molecule has 0 spiro atoms. The highest BCUT2D eigenvalue weighted by Crippen LogP contribution is 1.61. The first kappa shape index (κ1) is 10.7. The minimum Gasteiger partial charge on any atom is -0.760 e. The Labute approximate surface area is 51.0 Å². The molecule has 0 bridgehead atoms. The topological polar surface area (TPSA) is 87.2 Å². The summed E-state index contributed by atoms with van der Waals surface area (Å²) in [5.74, 6) is 0. The molecule has 0 aliphatic rings. The first-order chi connectivity index (χ1) is 3.27. The van der Waals surface area contributed by atoms with Gasteiger partial charge in [-0.1, -0.05) is 6.08 Å². The molecule has 0 aromatic heterocycles. The molecule has 0 saturated heterocycles. The van der Waals surface area contributed by atoms with Gasteiger partial charge in [-0.2, -0.15) is 0 Å². The molecule has 0 radical (unpaired) electrons. The third kappa shape index (κ3) is 9.24. The Morgan fingerprint density at radius 3 is 2.50 bits per heavy atom. The van der Waals surface area contributed by atoms with Crippen molar-refractivity contribution < 1.29 is 8.76 Å². The van der Waals surface area contributed by atoms with Crippen molar-refractivity contribution in [2.45, 2.75) is 0 Å². The van der Waals surface area contributed by atoms with E-state index < -0.39 is 11.3 Å². The van der Waals surface area contributed by atoms with Crippen molar-refractivity contribution in [2.75, 3.05) is 6.54 Å². The minimum absolute atomic E-state index is 0. The van der Waals surface area contributed by atoms with Gasteiger partial charge in [0.1, 0.15) is 0 Å². The van der Waals surface area contributed by atoms with Crippen LogP contribution in [0.5, 0.6) is 0 Å². The van der Waals surface area contributed by atoms with Gasteiger partial charge in [0.05, 0.1) is 0 Å². The van der Waals surface area contributed by atoms with Gasteiger partial charge in [0, 0.05) is 17.8 Å². The van der Waals surface area contributed by atoms with Crippen molar-refractivity contribution in [1.82, 2.24) is 10.9 Å². The van der Waals surface area contributed by atoms with Crippen LogP contribution in [-0.2, 0) is 11.3 Å². The molecule has 50 valence electrons. The maximum absolute atomic E-state index is 9.60. The monoisotopic (exact) mass is 137 g/mol. The van der Waals surface area contributed by atoms with E-state index in [9.17, 15) is 8.76 Å². The standard InChI is InChI=1S/C3H7NO2S.H3N/c1-2-3-4-7(5)6;/h2,4H,1,3H2,(H,5,6);1H3/p-1. The fourth-order valence-electron chi connectivity index (χ4n) is 0.127. The average Bonchev–Trinajstić information content (AvgIpc) is 1.61. The molecule has 0 rings (SSSR count). The van der Waals surface area contributed by atoms with Crippen molar-refractivity contribution >= 4 is 11.3 Å². The van der Waals surface area contributed by atoms with E-state index in [0.29, 0.717) is 6.54 Å². The van der Waals surface area contributed by atoms with Crippen LogP contribution in [0.15, 0.2) is 12.7 Å². The molecule has 0 heterocycles. The molecule has 4 nitrogen and oxygen atoms in total. The molecular weight excluding hydrogens is 128 g/mol. The van der Waals surface area contributed by atoms with Crippen molar-refractivity contribution in [3.63, 3.8) is 0 Å². The van der Waals surface area contributed by atoms with Crippen LogP contribution in [0.4, 0.5) is 0 Å². The lowest BCUT2D eigenvalue weighted by Crippen LogP contribution is -2.15. The van der Waals surface area contributed by atoms with E-state index in [1.807, 2.05) is 0 Å². The lowest BCUT2D eigenvalue weighted by molar-refractivity contribution is 0.526. The van der Waals surface area contributed by atoms with Gasteiger partial charge in [-0.3, -0.25) is 4.21 Å². The van der Waals surface area contributed by atoms with E-state index in [2.05, 4.69) is 11.3 Å². The molecule has 4 N–H and O–H groups in total. The highest BCUT2D eigenvalue weighted by molar-refractivity contribution is 7.77. The summed E-state index contributed by atoms with van der Waals surface area (Å²) in [6.45, 7) is 3.60. The minimum atomic E-state index is -2.14. The van der Waals surface area contributed by atoms with Crippen molar-refractivity contribution in [3.05, 3.63) is 12.7 Å². The molecule has 0 aromatic carbocycles. The highest BCUT2D eigenvalue weighted by atomic mass is 32.2. The zero-order valence-corrected chi connectivity index (χ0v) is 5.24. The van der Waals surface area contributed by atoms with E-state index in [4.69, 9.17) is 0 Å². The van der Waals surface area contributed by atoms with E-state index in [1.54, 1.807) is 0 Å². The highest BCUT2D eigenvalue weighted by Gasteiger charge is 1.71. The summed E-state index contributed by atoms with van der Waals surface area (Å²) in [6.07, 6.45) is 1.47. The van der Waals surface area contributed by atoms with E-state index in [-0.39, 0.29) is 6.15 Å². The third-order valence-electron chi connectivity index (χ3n) is 0.346. The summed E-state index contributed by atoms with van der Waals surface area (Å²) in [6, 6.07) is 0. The van der Waals surface area contributed by atoms with Crippen LogP contribution in [0.1, 0.15) is 0 Å². The van der Waals surface area contributed by atoms with Gasteiger partial charge in [0.15, 0.2) is 0 Å². The van der Waals surface area contributed by atoms with Gasteiger partial charge in [-0.25, -0.2) is 4.72 Å². The molecule has 0 fully saturated rings. The van der Waals surface area contributed by atoms with Crippen molar-refractivity contribution in [1.29, 1.82) is 0 Å². The molecular formula is C3H9N2O2S-. The van der Waals surface area contributed by atoms with Crippen LogP contribution in [-0.4, -0.2) is 15.3 Å². The summed E-state index contributed by atoms with van der Waals surface area (Å²) >= 11 is -2.14. The first-order valence-electron chi connectivity index (χ1n) is 1.71. The zero-order chi connectivity index (χ0) is 5.70. The summed E-state index contributed by atoms with van der Waals surface area (Å²) in [7, 11) is 0. The van der Waals surface area contributed by atoms with Gasteiger partial charge < -0.3 is 10.7 Å². The Kier molecular flexibility index (Phi) is 9.05. The summed E-state index contributed by atoms with van der Waals surface area (Å²) in [5.41, 5.74) is 0. The van der Waals surface area contributed by atoms with Crippen LogP contribution in [0.3, 0.4) is 0 Å². The molecule has 5 heteroatoms. The van der Waals surface area contributed by atoms with Crippen LogP contribution < -0.4 is 10.9 Å². The van der Waals surface area contributed by atoms with Crippen LogP contribution in [0.2, 0.25) is 0 Å². The maximum atomic E-state index is 9.60. The largest absolute Gasteiger partial charge is 0.760 e. The first-order valence-corrected chi connectivity index (χ1v) is 2.78. The van der Waals surface area contributed by atoms with E-state index in [1.165, 1.54) is 6.08 Å². The Hall–Kier alpha value is -0.230. The van der Waals surface area contributed by atoms with Gasteiger partial charge in [-0.15, -0.1) is 6.58 Å². The normalized spacial score (nSPS) is 11.6. The quantitative estimate of drug-likeness (QED) is 0.414. The van der Waals surface area contributed by atoms with Crippen LogP contribution in [0.25, 0.3) is 0 Å². The fraction of sp³-hybridized carbons (Fsp3) is 0.333. The van der Waals surface area contributed by atoms with Gasteiger partial charge in [-0.05, 0) is 0 Å². The van der Waals surface area contributed by atoms with Crippen LogP contribution in [0, 0.1) is 0 Å².